The summed E-state index contributed by atoms with van der Waals surface area (Å²) < 4.78 is 0. The molecule has 1 N–H and O–H groups in total. The lowest BCUT2D eigenvalue weighted by Crippen LogP contribution is -2.42. The van der Waals surface area contributed by atoms with E-state index in [1.807, 2.05) is 6.92 Å². The van der Waals surface area contributed by atoms with E-state index < -0.39 is 0 Å². The van der Waals surface area contributed by atoms with Crippen LogP contribution in [0.5, 0.6) is 0 Å². The second kappa shape index (κ2) is 7.76. The molecule has 0 bridgehead atoms. The van der Waals surface area contributed by atoms with Crippen LogP contribution in [0.4, 0.5) is 0 Å². The van der Waals surface area contributed by atoms with Gasteiger partial charge in [0.05, 0.1) is 18.1 Å². The van der Waals surface area contributed by atoms with E-state index in [-0.39, 0.29) is 12.0 Å². The van der Waals surface area contributed by atoms with Gasteiger partial charge in [0.25, 0.3) is 0 Å². The van der Waals surface area contributed by atoms with E-state index >= 15 is 0 Å². The highest BCUT2D eigenvalue weighted by atomic mass is 16.3. The van der Waals surface area contributed by atoms with Gasteiger partial charge in [0.2, 0.25) is 0 Å². The van der Waals surface area contributed by atoms with Gasteiger partial charge in [-0.05, 0) is 45.6 Å². The Balaban J connectivity index is 2.53. The Kier molecular flexibility index (Phi) is 6.67. The van der Waals surface area contributed by atoms with E-state index in [9.17, 15) is 10.4 Å². The van der Waals surface area contributed by atoms with Gasteiger partial charge in [-0.1, -0.05) is 19.8 Å². The fraction of sp³-hybridized carbons (Fsp3) is 0.933. The molecule has 1 aliphatic rings. The molecule has 0 saturated heterocycles. The van der Waals surface area contributed by atoms with Crippen molar-refractivity contribution in [1.82, 2.24) is 4.90 Å². The third kappa shape index (κ3) is 4.59. The zero-order valence-electron chi connectivity index (χ0n) is 12.1. The van der Waals surface area contributed by atoms with E-state index in [2.05, 4.69) is 24.9 Å². The van der Waals surface area contributed by atoms with Crippen molar-refractivity contribution in [2.75, 3.05) is 13.6 Å². The molecule has 1 aliphatic carbocycles. The molecule has 3 heteroatoms. The Morgan fingerprint density at radius 3 is 2.72 bits per heavy atom. The summed E-state index contributed by atoms with van der Waals surface area (Å²) >= 11 is 0. The van der Waals surface area contributed by atoms with Crippen LogP contribution in [-0.2, 0) is 0 Å². The maximum absolute atomic E-state index is 9.37. The standard InChI is InChI=1S/C15H28N2O/c1-4-5-13-6-7-14(11-16)15(10-13)17(3)9-8-12(2)18/h12-15,18H,4-10H2,1-3H3. The van der Waals surface area contributed by atoms with Gasteiger partial charge in [0.1, 0.15) is 0 Å². The van der Waals surface area contributed by atoms with Gasteiger partial charge in [0, 0.05) is 12.6 Å². The van der Waals surface area contributed by atoms with Gasteiger partial charge in [-0.15, -0.1) is 0 Å². The Morgan fingerprint density at radius 1 is 1.44 bits per heavy atom. The number of rotatable bonds is 6. The predicted molar refractivity (Wildman–Crippen MR) is 74.1 cm³/mol. The monoisotopic (exact) mass is 252 g/mol. The molecule has 0 amide bonds. The fourth-order valence-electron chi connectivity index (χ4n) is 3.10. The molecule has 0 aromatic rings. The lowest BCUT2D eigenvalue weighted by atomic mass is 9.76. The quantitative estimate of drug-likeness (QED) is 0.790. The zero-order chi connectivity index (χ0) is 13.5. The Morgan fingerprint density at radius 2 is 2.17 bits per heavy atom. The average Bonchev–Trinajstić information content (AvgIpc) is 2.36. The molecule has 1 saturated carbocycles. The van der Waals surface area contributed by atoms with Crippen LogP contribution in [0, 0.1) is 23.2 Å². The Bertz CT molecular complexity index is 272. The summed E-state index contributed by atoms with van der Waals surface area (Å²) in [6, 6.07) is 2.87. The number of aliphatic hydroxyl groups is 1. The van der Waals surface area contributed by atoms with Gasteiger partial charge >= 0.3 is 0 Å². The molecular formula is C15H28N2O. The molecule has 0 aliphatic heterocycles. The van der Waals surface area contributed by atoms with Crippen molar-refractivity contribution in [3.05, 3.63) is 0 Å². The summed E-state index contributed by atoms with van der Waals surface area (Å²) in [7, 11) is 2.10. The van der Waals surface area contributed by atoms with Crippen LogP contribution in [0.15, 0.2) is 0 Å². The first-order chi connectivity index (χ1) is 8.58. The topological polar surface area (TPSA) is 47.3 Å². The molecule has 0 aromatic heterocycles. The minimum Gasteiger partial charge on any atom is -0.393 e. The minimum absolute atomic E-state index is 0.178. The van der Waals surface area contributed by atoms with E-state index in [0.29, 0.717) is 6.04 Å². The first kappa shape index (κ1) is 15.5. The highest BCUT2D eigenvalue weighted by Gasteiger charge is 2.32. The summed E-state index contributed by atoms with van der Waals surface area (Å²) in [5, 5.41) is 18.6. The van der Waals surface area contributed by atoms with Gasteiger partial charge < -0.3 is 10.0 Å². The molecule has 4 unspecified atom stereocenters. The molecule has 3 nitrogen and oxygen atoms in total. The highest BCUT2D eigenvalue weighted by Crippen LogP contribution is 2.34. The summed E-state index contributed by atoms with van der Waals surface area (Å²) in [5.74, 6) is 0.968. The molecule has 104 valence electrons. The first-order valence-electron chi connectivity index (χ1n) is 7.36. The Labute approximate surface area is 112 Å². The first-order valence-corrected chi connectivity index (χ1v) is 7.36. The summed E-state index contributed by atoms with van der Waals surface area (Å²) in [4.78, 5) is 2.29. The van der Waals surface area contributed by atoms with Crippen LogP contribution in [-0.4, -0.2) is 35.7 Å². The van der Waals surface area contributed by atoms with Crippen LogP contribution < -0.4 is 0 Å². The number of aliphatic hydroxyl groups excluding tert-OH is 1. The van der Waals surface area contributed by atoms with E-state index in [1.165, 1.54) is 19.3 Å². The van der Waals surface area contributed by atoms with Crippen molar-refractivity contribution >= 4 is 0 Å². The van der Waals surface area contributed by atoms with Crippen molar-refractivity contribution in [1.29, 1.82) is 5.26 Å². The lowest BCUT2D eigenvalue weighted by molar-refractivity contribution is 0.0993. The molecule has 1 fully saturated rings. The number of hydrogen-bond acceptors (Lipinski definition) is 3. The van der Waals surface area contributed by atoms with Crippen molar-refractivity contribution < 1.29 is 5.11 Å². The number of nitriles is 1. The van der Waals surface area contributed by atoms with Crippen molar-refractivity contribution in [3.8, 4) is 6.07 Å². The average molecular weight is 252 g/mol. The summed E-state index contributed by atoms with van der Waals surface area (Å²) in [6.45, 7) is 4.96. The maximum atomic E-state index is 9.37. The maximum Gasteiger partial charge on any atom is 0.0672 e. The van der Waals surface area contributed by atoms with Gasteiger partial charge in [-0.25, -0.2) is 0 Å². The van der Waals surface area contributed by atoms with Gasteiger partial charge in [-0.3, -0.25) is 0 Å². The fourth-order valence-corrected chi connectivity index (χ4v) is 3.10. The van der Waals surface area contributed by atoms with E-state index in [0.717, 1.165) is 31.7 Å². The van der Waals surface area contributed by atoms with Crippen LogP contribution >= 0.6 is 0 Å². The number of nitrogens with zero attached hydrogens (tertiary/aromatic N) is 2. The third-order valence-corrected chi connectivity index (χ3v) is 4.25. The van der Waals surface area contributed by atoms with Gasteiger partial charge in [-0.2, -0.15) is 5.26 Å². The smallest absolute Gasteiger partial charge is 0.0672 e. The van der Waals surface area contributed by atoms with Crippen molar-refractivity contribution in [3.63, 3.8) is 0 Å². The second-order valence-corrected chi connectivity index (χ2v) is 5.89. The van der Waals surface area contributed by atoms with Crippen molar-refractivity contribution in [2.45, 2.75) is 64.5 Å². The zero-order valence-corrected chi connectivity index (χ0v) is 12.1. The molecule has 18 heavy (non-hydrogen) atoms. The highest BCUT2D eigenvalue weighted by molar-refractivity contribution is 4.97. The lowest BCUT2D eigenvalue weighted by Gasteiger charge is -2.38. The molecular weight excluding hydrogens is 224 g/mol. The van der Waals surface area contributed by atoms with Crippen molar-refractivity contribution in [2.24, 2.45) is 11.8 Å². The third-order valence-electron chi connectivity index (χ3n) is 4.25. The summed E-state index contributed by atoms with van der Waals surface area (Å²) in [6.07, 6.45) is 6.50. The van der Waals surface area contributed by atoms with Crippen LogP contribution in [0.2, 0.25) is 0 Å². The van der Waals surface area contributed by atoms with E-state index in [1.54, 1.807) is 0 Å². The Hall–Kier alpha value is -0.590. The molecule has 0 heterocycles. The molecule has 0 spiro atoms. The van der Waals surface area contributed by atoms with Crippen LogP contribution in [0.25, 0.3) is 0 Å². The molecule has 0 aromatic carbocycles. The molecule has 0 radical (unpaired) electrons. The predicted octanol–water partition coefficient (Wildman–Crippen LogP) is 2.80. The SMILES string of the molecule is CCCC1CCC(C#N)C(N(C)CCC(C)O)C1. The van der Waals surface area contributed by atoms with E-state index in [4.69, 9.17) is 0 Å². The van der Waals surface area contributed by atoms with Gasteiger partial charge in [0.15, 0.2) is 0 Å². The summed E-state index contributed by atoms with van der Waals surface area (Å²) in [5.41, 5.74) is 0. The number of hydrogen-bond donors (Lipinski definition) is 1. The van der Waals surface area contributed by atoms with Crippen LogP contribution in [0.1, 0.15) is 52.4 Å². The minimum atomic E-state index is -0.247. The molecule has 1 rings (SSSR count). The second-order valence-electron chi connectivity index (χ2n) is 5.89. The normalized spacial score (nSPS) is 30.1. The largest absolute Gasteiger partial charge is 0.393 e. The molecule has 4 atom stereocenters. The van der Waals surface area contributed by atoms with Crippen LogP contribution in [0.3, 0.4) is 0 Å².